The molecule has 0 unspecified atom stereocenters. The van der Waals surface area contributed by atoms with Gasteiger partial charge in [-0.2, -0.15) is 0 Å². The molecule has 0 radical (unpaired) electrons. The third kappa shape index (κ3) is 3.23. The van der Waals surface area contributed by atoms with Gasteiger partial charge in [-0.05, 0) is 48.2 Å². The largest absolute Gasteiger partial charge is 0.457 e. The van der Waals surface area contributed by atoms with Crippen molar-refractivity contribution in [2.75, 3.05) is 0 Å². The monoisotopic (exact) mass is 272 g/mol. The number of hydrogen-bond acceptors (Lipinski definition) is 2. The van der Waals surface area contributed by atoms with Crippen LogP contribution in [0.25, 0.3) is 0 Å². The van der Waals surface area contributed by atoms with E-state index in [1.54, 1.807) is 0 Å². The fourth-order valence-corrected chi connectivity index (χ4v) is 2.21. The average Bonchev–Trinajstić information content (AvgIpc) is 2.37. The van der Waals surface area contributed by atoms with Gasteiger partial charge in [0.2, 0.25) is 0 Å². The van der Waals surface area contributed by atoms with E-state index in [-0.39, 0.29) is 5.56 Å². The van der Waals surface area contributed by atoms with E-state index in [9.17, 15) is 9.18 Å². The Labute approximate surface area is 118 Å². The van der Waals surface area contributed by atoms with Crippen LogP contribution in [0.2, 0.25) is 0 Å². The molecule has 0 saturated heterocycles. The van der Waals surface area contributed by atoms with Crippen molar-refractivity contribution < 1.29 is 13.9 Å². The fraction of sp³-hybridized carbons (Fsp3) is 0.235. The molecule has 0 aromatic heterocycles. The molecule has 0 amide bonds. The predicted octanol–water partition coefficient (Wildman–Crippen LogP) is 4.86. The third-order valence-electron chi connectivity index (χ3n) is 3.13. The first-order chi connectivity index (χ1) is 9.49. The molecule has 2 aromatic rings. The van der Waals surface area contributed by atoms with Crippen LogP contribution in [0, 0.1) is 12.7 Å². The lowest BCUT2D eigenvalue weighted by molar-refractivity contribution is 0.112. The second kappa shape index (κ2) is 5.87. The molecule has 0 aliphatic heterocycles. The maximum Gasteiger partial charge on any atom is 0.150 e. The van der Waals surface area contributed by atoms with Crippen molar-refractivity contribution in [3.8, 4) is 11.5 Å². The van der Waals surface area contributed by atoms with Crippen LogP contribution < -0.4 is 4.74 Å². The van der Waals surface area contributed by atoms with Gasteiger partial charge >= 0.3 is 0 Å². The lowest BCUT2D eigenvalue weighted by atomic mass is 9.98. The minimum atomic E-state index is -0.486. The third-order valence-corrected chi connectivity index (χ3v) is 3.13. The molecular formula is C17H17FO2. The highest BCUT2D eigenvalue weighted by Crippen LogP contribution is 2.27. The zero-order valence-electron chi connectivity index (χ0n) is 11.8. The summed E-state index contributed by atoms with van der Waals surface area (Å²) >= 11 is 0. The molecule has 0 aliphatic rings. The van der Waals surface area contributed by atoms with Gasteiger partial charge in [0.15, 0.2) is 0 Å². The number of carbonyl (C=O) groups is 1. The Kier molecular flexibility index (Phi) is 4.18. The van der Waals surface area contributed by atoms with Crippen molar-refractivity contribution >= 4 is 6.29 Å². The molecule has 2 aromatic carbocycles. The van der Waals surface area contributed by atoms with Crippen LogP contribution in [0.3, 0.4) is 0 Å². The molecule has 0 N–H and O–H groups in total. The molecule has 2 rings (SSSR count). The van der Waals surface area contributed by atoms with E-state index in [4.69, 9.17) is 4.74 Å². The maximum absolute atomic E-state index is 13.3. The summed E-state index contributed by atoms with van der Waals surface area (Å²) in [6.07, 6.45) is 0.600. The molecule has 0 bridgehead atoms. The number of carbonyl (C=O) groups excluding carboxylic acids is 1. The maximum atomic E-state index is 13.3. The summed E-state index contributed by atoms with van der Waals surface area (Å²) < 4.78 is 18.9. The standard InChI is InChI=1S/C17H17FO2/c1-11(2)17-5-4-15(6-12(17)3)20-16-8-13(10-19)7-14(18)9-16/h4-11H,1-3H3. The minimum Gasteiger partial charge on any atom is -0.457 e. The van der Waals surface area contributed by atoms with Gasteiger partial charge < -0.3 is 4.74 Å². The summed E-state index contributed by atoms with van der Waals surface area (Å²) in [6, 6.07) is 9.73. The van der Waals surface area contributed by atoms with E-state index >= 15 is 0 Å². The molecule has 0 spiro atoms. The SMILES string of the molecule is Cc1cc(Oc2cc(F)cc(C=O)c2)ccc1C(C)C. The fourth-order valence-electron chi connectivity index (χ4n) is 2.21. The van der Waals surface area contributed by atoms with E-state index < -0.39 is 5.82 Å². The number of aldehydes is 1. The Morgan fingerprint density at radius 3 is 2.45 bits per heavy atom. The highest BCUT2D eigenvalue weighted by atomic mass is 19.1. The van der Waals surface area contributed by atoms with Crippen LogP contribution in [-0.2, 0) is 0 Å². The Hall–Kier alpha value is -2.16. The second-order valence-corrected chi connectivity index (χ2v) is 5.11. The summed E-state index contributed by atoms with van der Waals surface area (Å²) in [5.41, 5.74) is 2.64. The Balaban J connectivity index is 2.28. The zero-order valence-corrected chi connectivity index (χ0v) is 11.8. The van der Waals surface area contributed by atoms with Crippen LogP contribution in [-0.4, -0.2) is 6.29 Å². The average molecular weight is 272 g/mol. The molecule has 3 heteroatoms. The molecule has 0 atom stereocenters. The zero-order chi connectivity index (χ0) is 14.7. The normalized spacial score (nSPS) is 10.7. The minimum absolute atomic E-state index is 0.260. The van der Waals surface area contributed by atoms with Crippen LogP contribution in [0.15, 0.2) is 36.4 Å². The Bertz CT molecular complexity index is 633. The molecular weight excluding hydrogens is 255 g/mol. The Morgan fingerprint density at radius 2 is 1.85 bits per heavy atom. The summed E-state index contributed by atoms with van der Waals surface area (Å²) in [6.45, 7) is 6.28. The van der Waals surface area contributed by atoms with Gasteiger partial charge in [-0.1, -0.05) is 19.9 Å². The number of hydrogen-bond donors (Lipinski definition) is 0. The van der Waals surface area contributed by atoms with Crippen molar-refractivity contribution in [2.45, 2.75) is 26.7 Å². The molecule has 0 saturated carbocycles. The molecule has 20 heavy (non-hydrogen) atoms. The number of rotatable bonds is 4. The van der Waals surface area contributed by atoms with Crippen LogP contribution in [0.5, 0.6) is 11.5 Å². The first-order valence-electron chi connectivity index (χ1n) is 6.54. The molecule has 0 heterocycles. The summed E-state index contributed by atoms with van der Waals surface area (Å²) in [5.74, 6) is 0.915. The highest BCUT2D eigenvalue weighted by Gasteiger charge is 2.07. The van der Waals surface area contributed by atoms with E-state index in [1.165, 1.54) is 23.8 Å². The van der Waals surface area contributed by atoms with Crippen molar-refractivity contribution in [3.63, 3.8) is 0 Å². The van der Waals surface area contributed by atoms with Crippen LogP contribution >= 0.6 is 0 Å². The summed E-state index contributed by atoms with van der Waals surface area (Å²) in [4.78, 5) is 10.7. The Morgan fingerprint density at radius 1 is 1.10 bits per heavy atom. The van der Waals surface area contributed by atoms with Crippen molar-refractivity contribution in [2.24, 2.45) is 0 Å². The van der Waals surface area contributed by atoms with Gasteiger partial charge in [0, 0.05) is 11.6 Å². The van der Waals surface area contributed by atoms with E-state index in [2.05, 4.69) is 13.8 Å². The highest BCUT2D eigenvalue weighted by molar-refractivity contribution is 5.75. The lowest BCUT2D eigenvalue weighted by Gasteiger charge is -2.12. The van der Waals surface area contributed by atoms with Crippen molar-refractivity contribution in [1.82, 2.24) is 0 Å². The van der Waals surface area contributed by atoms with Crippen LogP contribution in [0.1, 0.15) is 41.3 Å². The molecule has 0 fully saturated rings. The smallest absolute Gasteiger partial charge is 0.150 e. The molecule has 104 valence electrons. The van der Waals surface area contributed by atoms with Gasteiger partial charge in [0.1, 0.15) is 23.6 Å². The summed E-state index contributed by atoms with van der Waals surface area (Å²) in [5, 5.41) is 0. The second-order valence-electron chi connectivity index (χ2n) is 5.11. The van der Waals surface area contributed by atoms with E-state index in [0.717, 1.165) is 5.56 Å². The van der Waals surface area contributed by atoms with Gasteiger partial charge in [0.05, 0.1) is 0 Å². The summed E-state index contributed by atoms with van der Waals surface area (Å²) in [7, 11) is 0. The molecule has 0 aliphatic carbocycles. The van der Waals surface area contributed by atoms with Gasteiger partial charge in [-0.3, -0.25) is 4.79 Å². The number of benzene rings is 2. The number of ether oxygens (including phenoxy) is 1. The van der Waals surface area contributed by atoms with Gasteiger partial charge in [0.25, 0.3) is 0 Å². The van der Waals surface area contributed by atoms with Gasteiger partial charge in [-0.15, -0.1) is 0 Å². The van der Waals surface area contributed by atoms with Crippen molar-refractivity contribution in [3.05, 3.63) is 58.9 Å². The molecule has 2 nitrogen and oxygen atoms in total. The lowest BCUT2D eigenvalue weighted by Crippen LogP contribution is -1.94. The first kappa shape index (κ1) is 14.3. The van der Waals surface area contributed by atoms with E-state index in [0.29, 0.717) is 23.7 Å². The topological polar surface area (TPSA) is 26.3 Å². The first-order valence-corrected chi connectivity index (χ1v) is 6.54. The predicted molar refractivity (Wildman–Crippen MR) is 77.1 cm³/mol. The number of halogens is 1. The van der Waals surface area contributed by atoms with Crippen molar-refractivity contribution in [1.29, 1.82) is 0 Å². The van der Waals surface area contributed by atoms with E-state index in [1.807, 2.05) is 25.1 Å². The van der Waals surface area contributed by atoms with Crippen LogP contribution in [0.4, 0.5) is 4.39 Å². The quantitative estimate of drug-likeness (QED) is 0.743. The number of aryl methyl sites for hydroxylation is 1. The van der Waals surface area contributed by atoms with Gasteiger partial charge in [-0.25, -0.2) is 4.39 Å².